The Kier molecular flexibility index (Phi) is 5.63. The second-order valence-electron chi connectivity index (χ2n) is 5.97. The molecule has 0 saturated carbocycles. The van der Waals surface area contributed by atoms with Crippen molar-refractivity contribution in [3.05, 3.63) is 34.9 Å². The van der Waals surface area contributed by atoms with Crippen LogP contribution in [0.15, 0.2) is 18.2 Å². The first-order valence-corrected chi connectivity index (χ1v) is 8.10. The number of carbonyl (C=O) groups excluding carboxylic acids is 1. The molecule has 0 aromatic heterocycles. The molecule has 2 heteroatoms. The van der Waals surface area contributed by atoms with Crippen molar-refractivity contribution in [1.82, 2.24) is 5.32 Å². The van der Waals surface area contributed by atoms with Crippen molar-refractivity contribution in [1.29, 1.82) is 0 Å². The van der Waals surface area contributed by atoms with E-state index in [-0.39, 0.29) is 5.91 Å². The summed E-state index contributed by atoms with van der Waals surface area (Å²) in [5.74, 6) is 0.773. The number of aryl methyl sites for hydroxylation is 2. The zero-order chi connectivity index (χ0) is 14.4. The zero-order valence-electron chi connectivity index (χ0n) is 12.9. The number of benzene rings is 1. The number of hydrogen-bond donors (Lipinski definition) is 1. The molecule has 1 amide bonds. The lowest BCUT2D eigenvalue weighted by Gasteiger charge is -2.17. The molecule has 0 fully saturated rings. The van der Waals surface area contributed by atoms with E-state index in [1.165, 1.54) is 36.8 Å². The molecule has 2 nitrogen and oxygen atoms in total. The summed E-state index contributed by atoms with van der Waals surface area (Å²) in [7, 11) is 0. The summed E-state index contributed by atoms with van der Waals surface area (Å²) in [5, 5.41) is 3.07. The average Bonchev–Trinajstić information content (AvgIpc) is 2.48. The summed E-state index contributed by atoms with van der Waals surface area (Å²) in [6.45, 7) is 5.18. The third-order valence-corrected chi connectivity index (χ3v) is 4.52. The fourth-order valence-corrected chi connectivity index (χ4v) is 2.98. The smallest absolute Gasteiger partial charge is 0.224 e. The van der Waals surface area contributed by atoms with Crippen molar-refractivity contribution < 1.29 is 4.79 Å². The van der Waals surface area contributed by atoms with Crippen LogP contribution in [0.3, 0.4) is 0 Å². The molecule has 20 heavy (non-hydrogen) atoms. The van der Waals surface area contributed by atoms with Crippen LogP contribution in [0.4, 0.5) is 0 Å². The Hall–Kier alpha value is -1.31. The van der Waals surface area contributed by atoms with Gasteiger partial charge in [0.05, 0.1) is 6.42 Å². The summed E-state index contributed by atoms with van der Waals surface area (Å²) >= 11 is 0. The van der Waals surface area contributed by atoms with Gasteiger partial charge in [-0.15, -0.1) is 0 Å². The minimum absolute atomic E-state index is 0.160. The van der Waals surface area contributed by atoms with Crippen LogP contribution >= 0.6 is 0 Å². The first kappa shape index (κ1) is 15.1. The zero-order valence-corrected chi connectivity index (χ0v) is 12.9. The van der Waals surface area contributed by atoms with Crippen molar-refractivity contribution >= 4 is 5.91 Å². The lowest BCUT2D eigenvalue weighted by Crippen LogP contribution is -2.30. The number of amides is 1. The molecular formula is C18H27NO. The van der Waals surface area contributed by atoms with Crippen LogP contribution in [0.1, 0.15) is 56.2 Å². The van der Waals surface area contributed by atoms with Crippen LogP contribution in [-0.4, -0.2) is 12.5 Å². The van der Waals surface area contributed by atoms with Crippen LogP contribution in [0.2, 0.25) is 0 Å². The SMILES string of the molecule is CCC(CC)CNC(=O)Cc1ccc2c(c1)CCCC2. The third-order valence-electron chi connectivity index (χ3n) is 4.52. The van der Waals surface area contributed by atoms with Gasteiger partial charge < -0.3 is 5.32 Å². The van der Waals surface area contributed by atoms with E-state index in [9.17, 15) is 4.79 Å². The van der Waals surface area contributed by atoms with Gasteiger partial charge in [0.1, 0.15) is 0 Å². The maximum absolute atomic E-state index is 12.0. The molecule has 0 heterocycles. The number of nitrogens with one attached hydrogen (secondary N) is 1. The normalized spacial score (nSPS) is 14.2. The maximum atomic E-state index is 12.0. The molecule has 1 N–H and O–H groups in total. The summed E-state index contributed by atoms with van der Waals surface area (Å²) in [6, 6.07) is 6.59. The van der Waals surface area contributed by atoms with Crippen LogP contribution in [0.25, 0.3) is 0 Å². The molecule has 0 spiro atoms. The van der Waals surface area contributed by atoms with Gasteiger partial charge in [0.2, 0.25) is 5.91 Å². The van der Waals surface area contributed by atoms with Crippen molar-refractivity contribution in [2.45, 2.75) is 58.8 Å². The largest absolute Gasteiger partial charge is 0.356 e. The van der Waals surface area contributed by atoms with E-state index in [1.807, 2.05) is 0 Å². The van der Waals surface area contributed by atoms with Gasteiger partial charge in [0.25, 0.3) is 0 Å². The Labute approximate surface area is 123 Å². The molecule has 0 saturated heterocycles. The summed E-state index contributed by atoms with van der Waals surface area (Å²) < 4.78 is 0. The van der Waals surface area contributed by atoms with E-state index in [0.717, 1.165) is 24.9 Å². The molecule has 1 aromatic rings. The first-order chi connectivity index (χ1) is 9.72. The highest BCUT2D eigenvalue weighted by atomic mass is 16.1. The highest BCUT2D eigenvalue weighted by Crippen LogP contribution is 2.22. The molecule has 1 aliphatic rings. The molecule has 0 aliphatic heterocycles. The topological polar surface area (TPSA) is 29.1 Å². The number of rotatable bonds is 6. The minimum atomic E-state index is 0.160. The van der Waals surface area contributed by atoms with Gasteiger partial charge >= 0.3 is 0 Å². The van der Waals surface area contributed by atoms with Gasteiger partial charge in [0.15, 0.2) is 0 Å². The number of carbonyl (C=O) groups is 1. The molecule has 0 bridgehead atoms. The van der Waals surface area contributed by atoms with Crippen LogP contribution in [0, 0.1) is 5.92 Å². The molecule has 0 unspecified atom stereocenters. The van der Waals surface area contributed by atoms with Crippen molar-refractivity contribution in [2.24, 2.45) is 5.92 Å². The molecular weight excluding hydrogens is 246 g/mol. The molecule has 0 atom stereocenters. The van der Waals surface area contributed by atoms with E-state index in [0.29, 0.717) is 12.3 Å². The van der Waals surface area contributed by atoms with E-state index in [4.69, 9.17) is 0 Å². The third kappa shape index (κ3) is 4.09. The Morgan fingerprint density at radius 3 is 2.55 bits per heavy atom. The van der Waals surface area contributed by atoms with Crippen molar-refractivity contribution in [3.63, 3.8) is 0 Å². The summed E-state index contributed by atoms with van der Waals surface area (Å²) in [5.41, 5.74) is 4.10. The second kappa shape index (κ2) is 7.47. The lowest BCUT2D eigenvalue weighted by atomic mass is 9.90. The monoisotopic (exact) mass is 273 g/mol. The standard InChI is InChI=1S/C18H27NO/c1-3-14(4-2)13-19-18(20)12-15-9-10-16-7-5-6-8-17(16)11-15/h9-11,14H,3-8,12-13H2,1-2H3,(H,19,20). The predicted molar refractivity (Wildman–Crippen MR) is 83.9 cm³/mol. The van der Waals surface area contributed by atoms with E-state index >= 15 is 0 Å². The lowest BCUT2D eigenvalue weighted by molar-refractivity contribution is -0.120. The van der Waals surface area contributed by atoms with Gasteiger partial charge in [-0.05, 0) is 48.3 Å². The van der Waals surface area contributed by atoms with Crippen LogP contribution in [0.5, 0.6) is 0 Å². The molecule has 2 rings (SSSR count). The van der Waals surface area contributed by atoms with Gasteiger partial charge in [0, 0.05) is 6.54 Å². The van der Waals surface area contributed by atoms with Gasteiger partial charge in [-0.3, -0.25) is 4.79 Å². The predicted octanol–water partition coefficient (Wildman–Crippen LogP) is 3.66. The van der Waals surface area contributed by atoms with Gasteiger partial charge in [-0.25, -0.2) is 0 Å². The quantitative estimate of drug-likeness (QED) is 0.842. The second-order valence-corrected chi connectivity index (χ2v) is 5.97. The minimum Gasteiger partial charge on any atom is -0.356 e. The van der Waals surface area contributed by atoms with Gasteiger partial charge in [-0.2, -0.15) is 0 Å². The highest BCUT2D eigenvalue weighted by Gasteiger charge is 2.11. The average molecular weight is 273 g/mol. The van der Waals surface area contributed by atoms with E-state index < -0.39 is 0 Å². The van der Waals surface area contributed by atoms with E-state index in [2.05, 4.69) is 37.4 Å². The molecule has 110 valence electrons. The Balaban J connectivity index is 1.88. The Bertz CT molecular complexity index is 449. The van der Waals surface area contributed by atoms with Gasteiger partial charge in [-0.1, -0.05) is 44.9 Å². The number of hydrogen-bond acceptors (Lipinski definition) is 1. The Morgan fingerprint density at radius 2 is 1.85 bits per heavy atom. The Morgan fingerprint density at radius 1 is 1.15 bits per heavy atom. The molecule has 0 radical (unpaired) electrons. The van der Waals surface area contributed by atoms with Crippen molar-refractivity contribution in [2.75, 3.05) is 6.54 Å². The number of fused-ring (bicyclic) bond motifs is 1. The van der Waals surface area contributed by atoms with Crippen molar-refractivity contribution in [3.8, 4) is 0 Å². The summed E-state index contributed by atoms with van der Waals surface area (Å²) in [4.78, 5) is 12.0. The van der Waals surface area contributed by atoms with E-state index in [1.54, 1.807) is 0 Å². The maximum Gasteiger partial charge on any atom is 0.224 e. The molecule has 1 aliphatic carbocycles. The van der Waals surface area contributed by atoms with Crippen LogP contribution < -0.4 is 5.32 Å². The first-order valence-electron chi connectivity index (χ1n) is 8.10. The fourth-order valence-electron chi connectivity index (χ4n) is 2.98. The fraction of sp³-hybridized carbons (Fsp3) is 0.611. The summed E-state index contributed by atoms with van der Waals surface area (Å²) in [6.07, 6.45) is 7.77. The highest BCUT2D eigenvalue weighted by molar-refractivity contribution is 5.78. The van der Waals surface area contributed by atoms with Crippen LogP contribution in [-0.2, 0) is 24.1 Å². The molecule has 1 aromatic carbocycles.